The van der Waals surface area contributed by atoms with Gasteiger partial charge in [-0.2, -0.15) is 0 Å². The van der Waals surface area contributed by atoms with Gasteiger partial charge in [0.05, 0.1) is 5.75 Å². The molecule has 0 spiro atoms. The molecular weight excluding hydrogens is 428 g/mol. The van der Waals surface area contributed by atoms with Crippen LogP contribution < -0.4 is 16.8 Å². The van der Waals surface area contributed by atoms with Gasteiger partial charge in [0.2, 0.25) is 17.7 Å². The quantitative estimate of drug-likeness (QED) is 0.337. The Bertz CT molecular complexity index is 1170. The molecule has 9 nitrogen and oxygen atoms in total. The van der Waals surface area contributed by atoms with Crippen LogP contribution in [0.5, 0.6) is 0 Å². The lowest BCUT2D eigenvalue weighted by molar-refractivity contribution is -0.113. The Kier molecular flexibility index (Phi) is 7.06. The summed E-state index contributed by atoms with van der Waals surface area (Å²) in [6.07, 6.45) is 1.73. The number of carbonyl (C=O) groups is 3. The Balaban J connectivity index is 1.76. The number of primary amides is 2. The largest absolute Gasteiger partial charge is 0.366 e. The Morgan fingerprint density at radius 2 is 1.78 bits per heavy atom. The normalized spacial score (nSPS) is 10.5. The minimum Gasteiger partial charge on any atom is -0.366 e. The molecule has 5 N–H and O–H groups in total. The highest BCUT2D eigenvalue weighted by Crippen LogP contribution is 2.25. The number of hydrogen-bond donors (Lipinski definition) is 3. The molecule has 0 saturated carbocycles. The summed E-state index contributed by atoms with van der Waals surface area (Å²) in [5.41, 5.74) is 13.0. The van der Waals surface area contributed by atoms with Gasteiger partial charge in [0.15, 0.2) is 11.0 Å². The van der Waals surface area contributed by atoms with Gasteiger partial charge in [-0.25, -0.2) is 0 Å². The van der Waals surface area contributed by atoms with Crippen LogP contribution in [0.25, 0.3) is 11.4 Å². The van der Waals surface area contributed by atoms with Crippen LogP contribution >= 0.6 is 11.8 Å². The lowest BCUT2D eigenvalue weighted by atomic mass is 10.1. The SMILES string of the molecule is C=CCn1c(SCC(=O)Nc2cc(C(N)=O)cc(C(N)=O)c2)nnc1-c1cccc(C)c1. The molecule has 0 radical (unpaired) electrons. The molecule has 2 aromatic carbocycles. The molecule has 10 heteroatoms. The first-order chi connectivity index (χ1) is 15.3. The summed E-state index contributed by atoms with van der Waals surface area (Å²) in [5.74, 6) is -1.14. The molecule has 3 aromatic rings. The average molecular weight is 451 g/mol. The Morgan fingerprint density at radius 3 is 2.38 bits per heavy atom. The zero-order valence-electron chi connectivity index (χ0n) is 17.4. The lowest BCUT2D eigenvalue weighted by Crippen LogP contribution is -2.19. The number of nitrogens with two attached hydrogens (primary N) is 2. The second-order valence-corrected chi connectivity index (χ2v) is 7.88. The van der Waals surface area contributed by atoms with Gasteiger partial charge < -0.3 is 16.8 Å². The molecule has 3 amide bonds. The van der Waals surface area contributed by atoms with E-state index in [1.165, 1.54) is 30.0 Å². The van der Waals surface area contributed by atoms with E-state index in [9.17, 15) is 14.4 Å². The highest BCUT2D eigenvalue weighted by atomic mass is 32.2. The average Bonchev–Trinajstić information content (AvgIpc) is 3.15. The number of nitrogens with one attached hydrogen (secondary N) is 1. The molecule has 164 valence electrons. The van der Waals surface area contributed by atoms with Crippen LogP contribution in [0.4, 0.5) is 5.69 Å². The second kappa shape index (κ2) is 9.92. The van der Waals surface area contributed by atoms with Crippen molar-refractivity contribution in [2.75, 3.05) is 11.1 Å². The fourth-order valence-corrected chi connectivity index (χ4v) is 3.75. The van der Waals surface area contributed by atoms with Crippen LogP contribution in [0.1, 0.15) is 26.3 Å². The first-order valence-electron chi connectivity index (χ1n) is 9.57. The molecule has 1 heterocycles. The Morgan fingerprint density at radius 1 is 1.09 bits per heavy atom. The van der Waals surface area contributed by atoms with Crippen molar-refractivity contribution in [3.63, 3.8) is 0 Å². The van der Waals surface area contributed by atoms with Gasteiger partial charge in [-0.3, -0.25) is 19.0 Å². The van der Waals surface area contributed by atoms with E-state index in [0.29, 0.717) is 17.5 Å². The number of allylic oxidation sites excluding steroid dienone is 1. The molecule has 0 aliphatic rings. The molecule has 0 aliphatic heterocycles. The van der Waals surface area contributed by atoms with Gasteiger partial charge >= 0.3 is 0 Å². The number of aromatic nitrogens is 3. The zero-order valence-corrected chi connectivity index (χ0v) is 18.2. The van der Waals surface area contributed by atoms with Crippen LogP contribution in [-0.4, -0.2) is 38.2 Å². The molecule has 0 saturated heterocycles. The predicted octanol–water partition coefficient (Wildman–Crippen LogP) is 2.37. The van der Waals surface area contributed by atoms with E-state index in [4.69, 9.17) is 11.5 Å². The first-order valence-corrected chi connectivity index (χ1v) is 10.6. The Hall–Kier alpha value is -3.92. The molecule has 0 atom stereocenters. The number of aryl methyl sites for hydroxylation is 1. The molecule has 0 fully saturated rings. The summed E-state index contributed by atoms with van der Waals surface area (Å²) in [6, 6.07) is 11.9. The number of anilines is 1. The summed E-state index contributed by atoms with van der Waals surface area (Å²) >= 11 is 1.20. The standard InChI is InChI=1S/C22H22N6O3S/c1-3-7-28-21(14-6-4-5-13(2)8-14)26-27-22(28)32-12-18(29)25-17-10-15(19(23)30)9-16(11-17)20(24)31/h3-6,8-11H,1,7,12H2,2H3,(H2,23,30)(H2,24,31)(H,25,29). The number of nitrogens with zero attached hydrogens (tertiary/aromatic N) is 3. The van der Waals surface area contributed by atoms with Crippen LogP contribution in [0.2, 0.25) is 0 Å². The van der Waals surface area contributed by atoms with Crippen molar-refractivity contribution in [3.8, 4) is 11.4 Å². The molecular formula is C22H22N6O3S. The second-order valence-electron chi connectivity index (χ2n) is 6.94. The molecule has 0 unspecified atom stereocenters. The van der Waals surface area contributed by atoms with Gasteiger partial charge in [-0.05, 0) is 31.2 Å². The maximum Gasteiger partial charge on any atom is 0.248 e. The topological polar surface area (TPSA) is 146 Å². The van der Waals surface area contributed by atoms with Gasteiger partial charge in [0.1, 0.15) is 0 Å². The third-order valence-electron chi connectivity index (χ3n) is 4.42. The van der Waals surface area contributed by atoms with Gasteiger partial charge in [-0.15, -0.1) is 16.8 Å². The van der Waals surface area contributed by atoms with Crippen molar-refractivity contribution in [2.45, 2.75) is 18.6 Å². The summed E-state index contributed by atoms with van der Waals surface area (Å²) < 4.78 is 1.87. The minimum absolute atomic E-state index is 0.0236. The number of benzene rings is 2. The highest BCUT2D eigenvalue weighted by Gasteiger charge is 2.16. The van der Waals surface area contributed by atoms with Gasteiger partial charge in [-0.1, -0.05) is 41.6 Å². The highest BCUT2D eigenvalue weighted by molar-refractivity contribution is 7.99. The summed E-state index contributed by atoms with van der Waals surface area (Å²) in [5, 5.41) is 11.7. The number of thioether (sulfide) groups is 1. The monoisotopic (exact) mass is 450 g/mol. The van der Waals surface area contributed by atoms with Crippen molar-refractivity contribution in [1.29, 1.82) is 0 Å². The molecule has 32 heavy (non-hydrogen) atoms. The van der Waals surface area contributed by atoms with Crippen molar-refractivity contribution in [1.82, 2.24) is 14.8 Å². The minimum atomic E-state index is -0.737. The van der Waals surface area contributed by atoms with Gasteiger partial charge in [0.25, 0.3) is 0 Å². The number of hydrogen-bond acceptors (Lipinski definition) is 6. The lowest BCUT2D eigenvalue weighted by Gasteiger charge is -2.10. The van der Waals surface area contributed by atoms with E-state index in [-0.39, 0.29) is 28.5 Å². The van der Waals surface area contributed by atoms with E-state index >= 15 is 0 Å². The summed E-state index contributed by atoms with van der Waals surface area (Å²) in [4.78, 5) is 35.5. The van der Waals surface area contributed by atoms with Crippen molar-refractivity contribution in [3.05, 3.63) is 71.8 Å². The van der Waals surface area contributed by atoms with Gasteiger partial charge in [0, 0.05) is 28.9 Å². The molecule has 1 aromatic heterocycles. The van der Waals surface area contributed by atoms with E-state index in [2.05, 4.69) is 22.1 Å². The molecule has 0 bridgehead atoms. The van der Waals surface area contributed by atoms with Crippen molar-refractivity contribution < 1.29 is 14.4 Å². The van der Waals surface area contributed by atoms with Crippen molar-refractivity contribution >= 4 is 35.2 Å². The van der Waals surface area contributed by atoms with Crippen LogP contribution in [0.15, 0.2) is 60.3 Å². The fourth-order valence-electron chi connectivity index (χ4n) is 3.00. The third-order valence-corrected chi connectivity index (χ3v) is 5.39. The fraction of sp³-hybridized carbons (Fsp3) is 0.136. The summed E-state index contributed by atoms with van der Waals surface area (Å²) in [7, 11) is 0. The third kappa shape index (κ3) is 5.41. The maximum absolute atomic E-state index is 12.5. The zero-order chi connectivity index (χ0) is 23.3. The summed E-state index contributed by atoms with van der Waals surface area (Å²) in [6.45, 7) is 6.25. The maximum atomic E-state index is 12.5. The van der Waals surface area contributed by atoms with E-state index in [0.717, 1.165) is 11.1 Å². The molecule has 3 rings (SSSR count). The van der Waals surface area contributed by atoms with Crippen LogP contribution in [0, 0.1) is 6.92 Å². The number of carbonyl (C=O) groups excluding carboxylic acids is 3. The first kappa shape index (κ1) is 22.8. The van der Waals surface area contributed by atoms with E-state index in [1.54, 1.807) is 6.08 Å². The van der Waals surface area contributed by atoms with E-state index in [1.807, 2.05) is 35.8 Å². The van der Waals surface area contributed by atoms with Crippen molar-refractivity contribution in [2.24, 2.45) is 11.5 Å². The van der Waals surface area contributed by atoms with Crippen LogP contribution in [0.3, 0.4) is 0 Å². The smallest absolute Gasteiger partial charge is 0.248 e. The Labute approximate surface area is 188 Å². The number of rotatable bonds is 9. The number of amides is 3. The van der Waals surface area contributed by atoms with E-state index < -0.39 is 11.8 Å². The molecule has 0 aliphatic carbocycles. The predicted molar refractivity (Wildman–Crippen MR) is 123 cm³/mol. The van der Waals surface area contributed by atoms with Crippen LogP contribution in [-0.2, 0) is 11.3 Å².